The Kier molecular flexibility index (Phi) is 4.14. The molecule has 0 atom stereocenters. The second-order valence-electron chi connectivity index (χ2n) is 3.72. The van der Waals surface area contributed by atoms with Gasteiger partial charge in [-0.3, -0.25) is 5.32 Å². The number of aryl methyl sites for hydroxylation is 1. The van der Waals surface area contributed by atoms with E-state index in [-0.39, 0.29) is 6.03 Å². The number of nitrogens with zero attached hydrogens (tertiary/aromatic N) is 1. The van der Waals surface area contributed by atoms with Crippen LogP contribution in [0.5, 0.6) is 0 Å². The molecule has 0 aliphatic heterocycles. The molecular weight excluding hydrogens is 341 g/mol. The van der Waals surface area contributed by atoms with Crippen LogP contribution in [0, 0.1) is 10.5 Å². The summed E-state index contributed by atoms with van der Waals surface area (Å²) >= 11 is 2.17. The number of carbonyl (C=O) groups excluding carboxylic acids is 1. The van der Waals surface area contributed by atoms with Crippen molar-refractivity contribution in [3.63, 3.8) is 0 Å². The molecule has 0 radical (unpaired) electrons. The second kappa shape index (κ2) is 5.81. The van der Waals surface area contributed by atoms with Crippen LogP contribution in [0.4, 0.5) is 16.3 Å². The molecule has 4 nitrogen and oxygen atoms in total. The van der Waals surface area contributed by atoms with E-state index < -0.39 is 0 Å². The van der Waals surface area contributed by atoms with E-state index in [2.05, 4.69) is 38.2 Å². The van der Waals surface area contributed by atoms with Crippen LogP contribution in [-0.2, 0) is 0 Å². The van der Waals surface area contributed by atoms with Crippen LogP contribution < -0.4 is 10.6 Å². The van der Waals surface area contributed by atoms with Crippen LogP contribution in [0.3, 0.4) is 0 Å². The lowest BCUT2D eigenvalue weighted by atomic mass is 10.3. The molecule has 0 fully saturated rings. The highest BCUT2D eigenvalue weighted by atomic mass is 127. The minimum Gasteiger partial charge on any atom is -0.307 e. The van der Waals surface area contributed by atoms with Crippen LogP contribution in [0.2, 0.25) is 0 Å². The summed E-state index contributed by atoms with van der Waals surface area (Å²) in [5, 5.41) is 5.47. The van der Waals surface area contributed by atoms with Gasteiger partial charge in [-0.05, 0) is 53.8 Å². The fourth-order valence-corrected chi connectivity index (χ4v) is 1.97. The van der Waals surface area contributed by atoms with Gasteiger partial charge in [0.25, 0.3) is 0 Å². The van der Waals surface area contributed by atoms with Crippen molar-refractivity contribution >= 4 is 40.1 Å². The summed E-state index contributed by atoms with van der Waals surface area (Å²) in [6.45, 7) is 1.88. The van der Waals surface area contributed by atoms with Crippen LogP contribution >= 0.6 is 22.6 Å². The zero-order valence-electron chi connectivity index (χ0n) is 9.77. The maximum absolute atomic E-state index is 11.8. The largest absolute Gasteiger partial charge is 0.324 e. The number of amides is 2. The number of halogens is 1. The molecule has 1 aromatic heterocycles. The number of para-hydroxylation sites is 1. The zero-order valence-corrected chi connectivity index (χ0v) is 11.9. The van der Waals surface area contributed by atoms with Crippen molar-refractivity contribution in [3.05, 3.63) is 51.7 Å². The number of carbonyl (C=O) groups is 1. The third kappa shape index (κ3) is 3.43. The molecule has 2 aromatic rings. The van der Waals surface area contributed by atoms with Gasteiger partial charge in [0.1, 0.15) is 5.82 Å². The fraction of sp³-hybridized carbons (Fsp3) is 0.0769. The van der Waals surface area contributed by atoms with Crippen LogP contribution in [-0.4, -0.2) is 11.0 Å². The van der Waals surface area contributed by atoms with E-state index in [4.69, 9.17) is 0 Å². The second-order valence-corrected chi connectivity index (χ2v) is 4.89. The first-order valence-corrected chi connectivity index (χ1v) is 6.49. The summed E-state index contributed by atoms with van der Waals surface area (Å²) in [4.78, 5) is 16.0. The number of nitrogens with one attached hydrogen (secondary N) is 2. The molecule has 18 heavy (non-hydrogen) atoms. The van der Waals surface area contributed by atoms with Crippen LogP contribution in [0.15, 0.2) is 42.5 Å². The van der Waals surface area contributed by atoms with Gasteiger partial charge in [0.05, 0.1) is 5.69 Å². The van der Waals surface area contributed by atoms with E-state index in [1.807, 2.05) is 43.3 Å². The maximum Gasteiger partial charge on any atom is 0.324 e. The number of benzene rings is 1. The molecule has 1 aromatic carbocycles. The van der Waals surface area contributed by atoms with Gasteiger partial charge < -0.3 is 5.32 Å². The van der Waals surface area contributed by atoms with Gasteiger partial charge >= 0.3 is 6.03 Å². The van der Waals surface area contributed by atoms with Crippen molar-refractivity contribution in [2.45, 2.75) is 6.92 Å². The van der Waals surface area contributed by atoms with Crippen molar-refractivity contribution in [1.82, 2.24) is 4.98 Å². The maximum atomic E-state index is 11.8. The molecule has 1 heterocycles. The molecule has 2 rings (SSSR count). The number of aromatic nitrogens is 1. The Balaban J connectivity index is 2.03. The summed E-state index contributed by atoms with van der Waals surface area (Å²) in [6, 6.07) is 12.8. The van der Waals surface area contributed by atoms with Gasteiger partial charge in [0, 0.05) is 9.26 Å². The lowest BCUT2D eigenvalue weighted by Crippen LogP contribution is -2.20. The van der Waals surface area contributed by atoms with Crippen molar-refractivity contribution in [2.24, 2.45) is 0 Å². The van der Waals surface area contributed by atoms with Crippen molar-refractivity contribution in [3.8, 4) is 0 Å². The van der Waals surface area contributed by atoms with E-state index in [9.17, 15) is 4.79 Å². The summed E-state index contributed by atoms with van der Waals surface area (Å²) in [7, 11) is 0. The SMILES string of the molecule is Cc1cccc(NC(=O)Nc2ccccc2I)n1. The Morgan fingerprint density at radius 2 is 1.89 bits per heavy atom. The van der Waals surface area contributed by atoms with Crippen molar-refractivity contribution in [2.75, 3.05) is 10.6 Å². The third-order valence-electron chi connectivity index (χ3n) is 2.25. The summed E-state index contributed by atoms with van der Waals surface area (Å²) in [5.74, 6) is 0.540. The lowest BCUT2D eigenvalue weighted by molar-refractivity contribution is 0.262. The van der Waals surface area contributed by atoms with Crippen LogP contribution in [0.1, 0.15) is 5.69 Å². The van der Waals surface area contributed by atoms with Gasteiger partial charge in [-0.25, -0.2) is 9.78 Å². The van der Waals surface area contributed by atoms with E-state index in [0.29, 0.717) is 5.82 Å². The fourth-order valence-electron chi connectivity index (χ4n) is 1.45. The number of hydrogen-bond donors (Lipinski definition) is 2. The number of anilines is 2. The average molecular weight is 353 g/mol. The number of hydrogen-bond acceptors (Lipinski definition) is 2. The molecule has 5 heteroatoms. The number of rotatable bonds is 2. The summed E-state index contributed by atoms with van der Waals surface area (Å²) in [5.41, 5.74) is 1.64. The molecule has 0 aliphatic carbocycles. The Morgan fingerprint density at radius 3 is 2.61 bits per heavy atom. The smallest absolute Gasteiger partial charge is 0.307 e. The third-order valence-corrected chi connectivity index (χ3v) is 3.19. The van der Waals surface area contributed by atoms with Crippen molar-refractivity contribution < 1.29 is 4.79 Å². The van der Waals surface area contributed by atoms with Gasteiger partial charge in [0.2, 0.25) is 0 Å². The monoisotopic (exact) mass is 353 g/mol. The standard InChI is InChI=1S/C13H12IN3O/c1-9-5-4-8-12(15-9)17-13(18)16-11-7-3-2-6-10(11)14/h2-8H,1H3,(H2,15,16,17,18). The molecule has 0 bridgehead atoms. The minimum atomic E-state index is -0.294. The molecule has 0 aliphatic rings. The molecule has 0 spiro atoms. The van der Waals surface area contributed by atoms with E-state index in [1.54, 1.807) is 6.07 Å². The quantitative estimate of drug-likeness (QED) is 0.810. The first-order valence-electron chi connectivity index (χ1n) is 5.41. The topological polar surface area (TPSA) is 54.0 Å². The highest BCUT2D eigenvalue weighted by Gasteiger charge is 2.05. The highest BCUT2D eigenvalue weighted by molar-refractivity contribution is 14.1. The van der Waals surface area contributed by atoms with Crippen molar-refractivity contribution in [1.29, 1.82) is 0 Å². The average Bonchev–Trinajstić information content (AvgIpc) is 2.32. The van der Waals surface area contributed by atoms with Gasteiger partial charge in [-0.2, -0.15) is 0 Å². The van der Waals surface area contributed by atoms with E-state index in [0.717, 1.165) is 15.0 Å². The predicted molar refractivity (Wildman–Crippen MR) is 80.8 cm³/mol. The molecule has 2 N–H and O–H groups in total. The van der Waals surface area contributed by atoms with Gasteiger partial charge in [0.15, 0.2) is 0 Å². The minimum absolute atomic E-state index is 0.294. The van der Waals surface area contributed by atoms with E-state index >= 15 is 0 Å². The predicted octanol–water partition coefficient (Wildman–Crippen LogP) is 3.64. The number of urea groups is 1. The Bertz CT molecular complexity index is 572. The van der Waals surface area contributed by atoms with Gasteiger partial charge in [-0.15, -0.1) is 0 Å². The molecular formula is C13H12IN3O. The Labute approximate surface area is 119 Å². The van der Waals surface area contributed by atoms with Gasteiger partial charge in [-0.1, -0.05) is 18.2 Å². The number of pyridine rings is 1. The zero-order chi connectivity index (χ0) is 13.0. The first kappa shape index (κ1) is 12.8. The molecule has 0 unspecified atom stereocenters. The van der Waals surface area contributed by atoms with E-state index in [1.165, 1.54) is 0 Å². The molecule has 0 saturated carbocycles. The summed E-state index contributed by atoms with van der Waals surface area (Å²) < 4.78 is 0.988. The Hall–Kier alpha value is -1.63. The lowest BCUT2D eigenvalue weighted by Gasteiger charge is -2.08. The molecule has 2 amide bonds. The van der Waals surface area contributed by atoms with Crippen LogP contribution in [0.25, 0.3) is 0 Å². The summed E-state index contributed by atoms with van der Waals surface area (Å²) in [6.07, 6.45) is 0. The molecule has 0 saturated heterocycles. The highest BCUT2D eigenvalue weighted by Crippen LogP contribution is 2.17. The molecule has 92 valence electrons. The first-order chi connectivity index (χ1) is 8.65. The normalized spacial score (nSPS) is 9.89. The Morgan fingerprint density at radius 1 is 1.11 bits per heavy atom.